The van der Waals surface area contributed by atoms with E-state index in [4.69, 9.17) is 5.26 Å². The van der Waals surface area contributed by atoms with Crippen LogP contribution in [0, 0.1) is 6.92 Å². The summed E-state index contributed by atoms with van der Waals surface area (Å²) in [4.78, 5) is 15.3. The molecule has 1 N–H and O–H groups in total. The summed E-state index contributed by atoms with van der Waals surface area (Å²) in [5.41, 5.74) is 5.65. The molecule has 17 heavy (non-hydrogen) atoms. The van der Waals surface area contributed by atoms with E-state index in [1.54, 1.807) is 6.07 Å². The number of aryl methyl sites for hydroxylation is 1. The van der Waals surface area contributed by atoms with Crippen molar-refractivity contribution in [2.75, 3.05) is 0 Å². The summed E-state index contributed by atoms with van der Waals surface area (Å²) in [6.07, 6.45) is 0. The van der Waals surface area contributed by atoms with Crippen LogP contribution in [0.4, 0.5) is 0 Å². The highest BCUT2D eigenvalue weighted by molar-refractivity contribution is 6.12. The van der Waals surface area contributed by atoms with E-state index < -0.39 is 5.97 Å². The molecule has 0 fully saturated rings. The number of fused-ring (bicyclic) bond motifs is 4. The Balaban J connectivity index is 2.27. The number of benzene rings is 2. The van der Waals surface area contributed by atoms with Gasteiger partial charge in [0.15, 0.2) is 0 Å². The van der Waals surface area contributed by atoms with Gasteiger partial charge in [-0.25, -0.2) is 4.79 Å². The molecule has 0 heterocycles. The molecule has 2 aromatic rings. The maximum atomic E-state index is 11.5. The number of carbonyl (C=O) groups excluding carboxylic acids is 1. The second-order valence-electron chi connectivity index (χ2n) is 4.10. The first-order valence-electron chi connectivity index (χ1n) is 5.33. The van der Waals surface area contributed by atoms with Crippen LogP contribution >= 0.6 is 0 Å². The fourth-order valence-electron chi connectivity index (χ4n) is 2.41. The van der Waals surface area contributed by atoms with E-state index >= 15 is 0 Å². The zero-order valence-electron chi connectivity index (χ0n) is 9.23. The molecular weight excluding hydrogens is 216 g/mol. The quantitative estimate of drug-likeness (QED) is 0.511. The summed E-state index contributed by atoms with van der Waals surface area (Å²) in [6.45, 7) is 2.00. The molecule has 2 aromatic carbocycles. The lowest BCUT2D eigenvalue weighted by atomic mass is 9.76. The third-order valence-electron chi connectivity index (χ3n) is 3.18. The summed E-state index contributed by atoms with van der Waals surface area (Å²) in [6, 6.07) is 11.4. The van der Waals surface area contributed by atoms with Crippen LogP contribution in [-0.2, 0) is 4.89 Å². The Bertz CT molecular complexity index is 629. The normalized spacial score (nSPS) is 11.2. The van der Waals surface area contributed by atoms with Crippen LogP contribution in [-0.4, -0.2) is 11.2 Å². The van der Waals surface area contributed by atoms with Crippen molar-refractivity contribution in [3.05, 3.63) is 47.5 Å². The van der Waals surface area contributed by atoms with Crippen LogP contribution in [0.15, 0.2) is 36.4 Å². The molecule has 3 nitrogen and oxygen atoms in total. The molecule has 0 amide bonds. The summed E-state index contributed by atoms with van der Waals surface area (Å²) in [7, 11) is 0. The Morgan fingerprint density at radius 1 is 1.06 bits per heavy atom. The molecule has 3 heteroatoms. The summed E-state index contributed by atoms with van der Waals surface area (Å²) >= 11 is 0. The Hall–Kier alpha value is -2.13. The summed E-state index contributed by atoms with van der Waals surface area (Å²) in [5, 5.41) is 8.50. The molecule has 0 spiro atoms. The highest BCUT2D eigenvalue weighted by atomic mass is 17.1. The minimum Gasteiger partial charge on any atom is -0.295 e. The van der Waals surface area contributed by atoms with Crippen molar-refractivity contribution < 1.29 is 14.9 Å². The Morgan fingerprint density at radius 3 is 2.35 bits per heavy atom. The number of hydrogen-bond acceptors (Lipinski definition) is 3. The van der Waals surface area contributed by atoms with E-state index in [2.05, 4.69) is 4.89 Å². The van der Waals surface area contributed by atoms with Gasteiger partial charge < -0.3 is 0 Å². The van der Waals surface area contributed by atoms with Gasteiger partial charge >= 0.3 is 5.97 Å². The second-order valence-corrected chi connectivity index (χ2v) is 4.10. The molecule has 0 bridgehead atoms. The van der Waals surface area contributed by atoms with Gasteiger partial charge in [-0.2, -0.15) is 5.26 Å². The van der Waals surface area contributed by atoms with Crippen molar-refractivity contribution in [1.82, 2.24) is 0 Å². The molecular formula is C14H10O3. The molecule has 0 atom stereocenters. The number of rotatable bonds is 1. The third-order valence-corrected chi connectivity index (χ3v) is 3.18. The highest BCUT2D eigenvalue weighted by Gasteiger charge is 2.29. The van der Waals surface area contributed by atoms with Gasteiger partial charge in [0.2, 0.25) is 0 Å². The van der Waals surface area contributed by atoms with Gasteiger partial charge in [0.25, 0.3) is 0 Å². The van der Waals surface area contributed by atoms with Crippen LogP contribution in [0.25, 0.3) is 22.3 Å². The van der Waals surface area contributed by atoms with Crippen LogP contribution in [0.5, 0.6) is 0 Å². The van der Waals surface area contributed by atoms with E-state index in [0.29, 0.717) is 5.56 Å². The predicted molar refractivity (Wildman–Crippen MR) is 63.7 cm³/mol. The molecule has 3 rings (SSSR count). The Kier molecular flexibility index (Phi) is 2.03. The second kappa shape index (κ2) is 3.43. The van der Waals surface area contributed by atoms with Crippen molar-refractivity contribution in [2.24, 2.45) is 0 Å². The van der Waals surface area contributed by atoms with Gasteiger partial charge in [-0.05, 0) is 35.2 Å². The van der Waals surface area contributed by atoms with Crippen molar-refractivity contribution in [3.63, 3.8) is 0 Å². The van der Waals surface area contributed by atoms with Crippen LogP contribution in [0.1, 0.15) is 15.9 Å². The molecule has 0 aromatic heterocycles. The summed E-state index contributed by atoms with van der Waals surface area (Å²) in [5.74, 6) is -0.712. The van der Waals surface area contributed by atoms with Gasteiger partial charge in [-0.3, -0.25) is 4.89 Å². The maximum absolute atomic E-state index is 11.5. The Labute approximate surface area is 98.2 Å². The van der Waals surface area contributed by atoms with Crippen molar-refractivity contribution in [3.8, 4) is 22.3 Å². The van der Waals surface area contributed by atoms with Crippen LogP contribution in [0.2, 0.25) is 0 Å². The average Bonchev–Trinajstić information content (AvgIpc) is 2.34. The standard InChI is InChI=1S/C14H10O3/c1-8-6-7-11(14(15)17-16)13-10-5-3-2-4-9(10)12(8)13/h2-7,16H,1H3. The molecule has 0 aliphatic heterocycles. The fourth-order valence-corrected chi connectivity index (χ4v) is 2.41. The van der Waals surface area contributed by atoms with E-state index in [1.807, 2.05) is 37.3 Å². The van der Waals surface area contributed by atoms with Crippen LogP contribution in [0.3, 0.4) is 0 Å². The molecule has 0 unspecified atom stereocenters. The zero-order chi connectivity index (χ0) is 12.0. The van der Waals surface area contributed by atoms with Gasteiger partial charge in [0, 0.05) is 5.56 Å². The van der Waals surface area contributed by atoms with Crippen LogP contribution < -0.4 is 0 Å². The first kappa shape index (κ1) is 10.1. The van der Waals surface area contributed by atoms with E-state index in [-0.39, 0.29) is 0 Å². The van der Waals surface area contributed by atoms with E-state index in [1.165, 1.54) is 0 Å². The summed E-state index contributed by atoms with van der Waals surface area (Å²) < 4.78 is 0. The zero-order valence-corrected chi connectivity index (χ0v) is 9.23. The molecule has 1 aliphatic rings. The third kappa shape index (κ3) is 1.23. The number of hydrogen-bond donors (Lipinski definition) is 1. The van der Waals surface area contributed by atoms with E-state index in [0.717, 1.165) is 27.8 Å². The van der Waals surface area contributed by atoms with Crippen molar-refractivity contribution in [2.45, 2.75) is 6.92 Å². The van der Waals surface area contributed by atoms with Crippen molar-refractivity contribution in [1.29, 1.82) is 0 Å². The first-order chi connectivity index (χ1) is 8.24. The average molecular weight is 226 g/mol. The monoisotopic (exact) mass is 226 g/mol. The molecule has 1 aliphatic carbocycles. The van der Waals surface area contributed by atoms with Gasteiger partial charge in [-0.15, -0.1) is 0 Å². The fraction of sp³-hybridized carbons (Fsp3) is 0.0714. The predicted octanol–water partition coefficient (Wildman–Crippen LogP) is 3.27. The first-order valence-corrected chi connectivity index (χ1v) is 5.33. The lowest BCUT2D eigenvalue weighted by Crippen LogP contribution is -2.10. The SMILES string of the molecule is Cc1ccc(C(=O)OO)c2c1-c1ccccc1-2. The van der Waals surface area contributed by atoms with Gasteiger partial charge in [0.05, 0.1) is 5.56 Å². The largest absolute Gasteiger partial charge is 0.373 e. The molecule has 0 saturated carbocycles. The molecule has 0 saturated heterocycles. The van der Waals surface area contributed by atoms with Crippen molar-refractivity contribution >= 4 is 5.97 Å². The number of carbonyl (C=O) groups is 1. The lowest BCUT2D eigenvalue weighted by molar-refractivity contribution is -0.182. The lowest BCUT2D eigenvalue weighted by Gasteiger charge is -2.27. The van der Waals surface area contributed by atoms with Gasteiger partial charge in [-0.1, -0.05) is 30.3 Å². The highest BCUT2D eigenvalue weighted by Crippen LogP contribution is 2.50. The van der Waals surface area contributed by atoms with Gasteiger partial charge in [0.1, 0.15) is 0 Å². The minimum absolute atomic E-state index is 0.409. The topological polar surface area (TPSA) is 46.5 Å². The minimum atomic E-state index is -0.712. The Morgan fingerprint density at radius 2 is 1.71 bits per heavy atom. The molecule has 0 radical (unpaired) electrons. The smallest absolute Gasteiger partial charge is 0.295 e. The molecule has 84 valence electrons. The maximum Gasteiger partial charge on any atom is 0.373 e. The van der Waals surface area contributed by atoms with E-state index in [9.17, 15) is 4.79 Å².